The molecule has 3 rings (SSSR count). The van der Waals surface area contributed by atoms with Crippen molar-refractivity contribution in [1.82, 2.24) is 14.5 Å². The van der Waals surface area contributed by atoms with Gasteiger partial charge in [-0.15, -0.1) is 0 Å². The Kier molecular flexibility index (Phi) is 4.41. The van der Waals surface area contributed by atoms with Gasteiger partial charge in [-0.3, -0.25) is 9.78 Å². The Morgan fingerprint density at radius 1 is 1.35 bits per heavy atom. The molecular weight excluding hydrogens is 378 g/mol. The normalized spacial score (nSPS) is 11.0. The molecule has 0 aliphatic carbocycles. The number of halogens is 2. The molecule has 2 aromatic heterocycles. The molecule has 0 radical (unpaired) electrons. The first-order chi connectivity index (χ1) is 11.0. The van der Waals surface area contributed by atoms with Crippen molar-refractivity contribution in [2.45, 2.75) is 6.54 Å². The SMILES string of the molecule is CN(Cc1cccc(Cl)c1)C(=O)c1cc2c(Br)cncc2n1C. The molecule has 1 amide bonds. The molecule has 0 fully saturated rings. The Bertz CT molecular complexity index is 891. The first-order valence-corrected chi connectivity index (χ1v) is 8.23. The molecule has 0 spiro atoms. The Morgan fingerprint density at radius 3 is 2.83 bits per heavy atom. The van der Waals surface area contributed by atoms with Crippen LogP contribution in [0.15, 0.2) is 47.2 Å². The minimum absolute atomic E-state index is 0.0458. The highest BCUT2D eigenvalue weighted by molar-refractivity contribution is 9.10. The van der Waals surface area contributed by atoms with Gasteiger partial charge in [0.05, 0.1) is 11.7 Å². The molecule has 0 aliphatic heterocycles. The van der Waals surface area contributed by atoms with Crippen molar-refractivity contribution in [2.75, 3.05) is 7.05 Å². The van der Waals surface area contributed by atoms with Gasteiger partial charge in [0, 0.05) is 41.7 Å². The Morgan fingerprint density at radius 2 is 2.13 bits per heavy atom. The van der Waals surface area contributed by atoms with E-state index in [9.17, 15) is 4.79 Å². The van der Waals surface area contributed by atoms with Gasteiger partial charge < -0.3 is 9.47 Å². The van der Waals surface area contributed by atoms with Crippen LogP contribution in [0.25, 0.3) is 10.9 Å². The number of aromatic nitrogens is 2. The average molecular weight is 393 g/mol. The third kappa shape index (κ3) is 3.12. The molecule has 6 heteroatoms. The van der Waals surface area contributed by atoms with Crippen LogP contribution in [0.2, 0.25) is 5.02 Å². The summed E-state index contributed by atoms with van der Waals surface area (Å²) in [6.07, 6.45) is 3.49. The zero-order chi connectivity index (χ0) is 16.6. The molecule has 23 heavy (non-hydrogen) atoms. The number of pyridine rings is 1. The number of nitrogens with zero attached hydrogens (tertiary/aromatic N) is 3. The predicted octanol–water partition coefficient (Wildman–Crippen LogP) is 4.26. The minimum Gasteiger partial charge on any atom is -0.338 e. The molecule has 0 unspecified atom stereocenters. The van der Waals surface area contributed by atoms with E-state index in [1.165, 1.54) is 0 Å². The lowest BCUT2D eigenvalue weighted by Gasteiger charge is -2.17. The van der Waals surface area contributed by atoms with Crippen LogP contribution in [0, 0.1) is 0 Å². The summed E-state index contributed by atoms with van der Waals surface area (Å²) in [4.78, 5) is 18.6. The van der Waals surface area contributed by atoms with E-state index in [1.807, 2.05) is 41.9 Å². The minimum atomic E-state index is -0.0458. The van der Waals surface area contributed by atoms with Crippen molar-refractivity contribution in [3.8, 4) is 0 Å². The van der Waals surface area contributed by atoms with E-state index in [-0.39, 0.29) is 5.91 Å². The van der Waals surface area contributed by atoms with Crippen LogP contribution in [-0.4, -0.2) is 27.4 Å². The lowest BCUT2D eigenvalue weighted by Crippen LogP contribution is -2.27. The molecule has 0 atom stereocenters. The molecule has 0 saturated heterocycles. The number of hydrogen-bond acceptors (Lipinski definition) is 2. The van der Waals surface area contributed by atoms with Crippen LogP contribution in [0.3, 0.4) is 0 Å². The number of fused-ring (bicyclic) bond motifs is 1. The van der Waals surface area contributed by atoms with E-state index in [1.54, 1.807) is 24.3 Å². The van der Waals surface area contributed by atoms with E-state index < -0.39 is 0 Å². The zero-order valence-corrected chi connectivity index (χ0v) is 15.1. The molecule has 1 aromatic carbocycles. The summed E-state index contributed by atoms with van der Waals surface area (Å²) < 4.78 is 2.74. The summed E-state index contributed by atoms with van der Waals surface area (Å²) in [6, 6.07) is 9.42. The van der Waals surface area contributed by atoms with Crippen molar-refractivity contribution in [2.24, 2.45) is 7.05 Å². The average Bonchev–Trinajstić information content (AvgIpc) is 2.85. The van der Waals surface area contributed by atoms with E-state index in [4.69, 9.17) is 11.6 Å². The second-order valence-electron chi connectivity index (χ2n) is 5.43. The van der Waals surface area contributed by atoms with Gasteiger partial charge in [-0.25, -0.2) is 0 Å². The maximum atomic E-state index is 12.8. The largest absolute Gasteiger partial charge is 0.338 e. The number of rotatable bonds is 3. The molecule has 0 bridgehead atoms. The van der Waals surface area contributed by atoms with Gasteiger partial charge in [-0.05, 0) is 39.7 Å². The Hall–Kier alpha value is -1.85. The number of hydrogen-bond donors (Lipinski definition) is 0. The maximum Gasteiger partial charge on any atom is 0.270 e. The summed E-state index contributed by atoms with van der Waals surface area (Å²) in [5, 5.41) is 1.64. The van der Waals surface area contributed by atoms with E-state index in [0.717, 1.165) is 20.9 Å². The van der Waals surface area contributed by atoms with Gasteiger partial charge in [0.15, 0.2) is 0 Å². The monoisotopic (exact) mass is 391 g/mol. The van der Waals surface area contributed by atoms with Gasteiger partial charge in [0.2, 0.25) is 0 Å². The standard InChI is InChI=1S/C17H15BrClN3O/c1-21(10-11-4-3-5-12(19)6-11)17(23)15-7-13-14(18)8-20-9-16(13)22(15)2/h3-9H,10H2,1-2H3. The summed E-state index contributed by atoms with van der Waals surface area (Å²) in [7, 11) is 3.66. The molecule has 118 valence electrons. The number of benzene rings is 1. The smallest absolute Gasteiger partial charge is 0.270 e. The van der Waals surface area contributed by atoms with Crippen LogP contribution >= 0.6 is 27.5 Å². The lowest BCUT2D eigenvalue weighted by molar-refractivity contribution is 0.0776. The van der Waals surface area contributed by atoms with E-state index in [2.05, 4.69) is 20.9 Å². The highest BCUT2D eigenvalue weighted by atomic mass is 79.9. The molecule has 2 heterocycles. The first kappa shape index (κ1) is 16.0. The lowest BCUT2D eigenvalue weighted by atomic mass is 10.2. The fourth-order valence-electron chi connectivity index (χ4n) is 2.59. The van der Waals surface area contributed by atoms with E-state index >= 15 is 0 Å². The van der Waals surface area contributed by atoms with Crippen LogP contribution in [-0.2, 0) is 13.6 Å². The van der Waals surface area contributed by atoms with Crippen molar-refractivity contribution in [3.63, 3.8) is 0 Å². The zero-order valence-electron chi connectivity index (χ0n) is 12.8. The first-order valence-electron chi connectivity index (χ1n) is 7.06. The number of amides is 1. The second-order valence-corrected chi connectivity index (χ2v) is 6.72. The molecule has 0 saturated carbocycles. The summed E-state index contributed by atoms with van der Waals surface area (Å²) >= 11 is 9.48. The molecule has 4 nitrogen and oxygen atoms in total. The van der Waals surface area contributed by atoms with Crippen molar-refractivity contribution < 1.29 is 4.79 Å². The van der Waals surface area contributed by atoms with Gasteiger partial charge in [-0.1, -0.05) is 23.7 Å². The van der Waals surface area contributed by atoms with Gasteiger partial charge in [0.1, 0.15) is 5.69 Å². The summed E-state index contributed by atoms with van der Waals surface area (Å²) in [6.45, 7) is 0.500. The van der Waals surface area contributed by atoms with Crippen LogP contribution in [0.1, 0.15) is 16.1 Å². The summed E-state index contributed by atoms with van der Waals surface area (Å²) in [5.74, 6) is -0.0458. The number of carbonyl (C=O) groups is 1. The van der Waals surface area contributed by atoms with Crippen molar-refractivity contribution >= 4 is 44.3 Å². The van der Waals surface area contributed by atoms with Crippen molar-refractivity contribution in [3.05, 3.63) is 63.5 Å². The molecule has 0 aliphatic rings. The highest BCUT2D eigenvalue weighted by Gasteiger charge is 2.18. The van der Waals surface area contributed by atoms with Crippen molar-refractivity contribution in [1.29, 1.82) is 0 Å². The van der Waals surface area contributed by atoms with Gasteiger partial charge >= 0.3 is 0 Å². The Balaban J connectivity index is 1.91. The van der Waals surface area contributed by atoms with Gasteiger partial charge in [-0.2, -0.15) is 0 Å². The topological polar surface area (TPSA) is 38.1 Å². The quantitative estimate of drug-likeness (QED) is 0.668. The number of carbonyl (C=O) groups excluding carboxylic acids is 1. The van der Waals surface area contributed by atoms with Gasteiger partial charge in [0.25, 0.3) is 5.91 Å². The molecule has 0 N–H and O–H groups in total. The molecule has 3 aromatic rings. The predicted molar refractivity (Wildman–Crippen MR) is 95.7 cm³/mol. The third-order valence-corrected chi connectivity index (χ3v) is 4.66. The second kappa shape index (κ2) is 6.34. The number of aryl methyl sites for hydroxylation is 1. The molecular formula is C17H15BrClN3O. The highest BCUT2D eigenvalue weighted by Crippen LogP contribution is 2.26. The summed E-state index contributed by atoms with van der Waals surface area (Å²) in [5.41, 5.74) is 2.53. The van der Waals surface area contributed by atoms with Crippen LogP contribution in [0.5, 0.6) is 0 Å². The maximum absolute atomic E-state index is 12.8. The fraction of sp³-hybridized carbons (Fsp3) is 0.176. The van der Waals surface area contributed by atoms with Crippen LogP contribution < -0.4 is 0 Å². The fourth-order valence-corrected chi connectivity index (χ4v) is 3.24. The third-order valence-electron chi connectivity index (χ3n) is 3.80. The Labute approximate surface area is 147 Å². The van der Waals surface area contributed by atoms with Crippen LogP contribution in [0.4, 0.5) is 0 Å². The van der Waals surface area contributed by atoms with E-state index in [0.29, 0.717) is 17.3 Å².